The standard InChI is InChI=1S/C18H27N3OS/c1-23-17-9-7-15(8-10-17)19-18(22)21-13-3-2-6-16(21)14-20-11-4-5-12-20/h7-10,16H,2-6,11-14H2,1H3,(H,19,22). The molecule has 0 radical (unpaired) electrons. The van der Waals surface area contributed by atoms with E-state index in [1.165, 1.54) is 37.2 Å². The first-order chi connectivity index (χ1) is 11.3. The molecule has 2 fully saturated rings. The van der Waals surface area contributed by atoms with Gasteiger partial charge in [0.05, 0.1) is 0 Å². The zero-order valence-corrected chi connectivity index (χ0v) is 14.8. The summed E-state index contributed by atoms with van der Waals surface area (Å²) < 4.78 is 0. The van der Waals surface area contributed by atoms with Crippen LogP contribution in [0.15, 0.2) is 29.2 Å². The van der Waals surface area contributed by atoms with E-state index in [9.17, 15) is 4.79 Å². The number of nitrogens with one attached hydrogen (secondary N) is 1. The van der Waals surface area contributed by atoms with Crippen molar-refractivity contribution in [1.82, 2.24) is 9.80 Å². The van der Waals surface area contributed by atoms with Crippen molar-refractivity contribution in [3.63, 3.8) is 0 Å². The summed E-state index contributed by atoms with van der Waals surface area (Å²) in [5, 5.41) is 3.08. The van der Waals surface area contributed by atoms with E-state index in [2.05, 4.69) is 33.5 Å². The van der Waals surface area contributed by atoms with Crippen molar-refractivity contribution in [2.45, 2.75) is 43.0 Å². The Kier molecular flexibility index (Phi) is 5.84. The number of hydrogen-bond acceptors (Lipinski definition) is 3. The molecule has 2 aliphatic heterocycles. The molecule has 0 bridgehead atoms. The van der Waals surface area contributed by atoms with Gasteiger partial charge >= 0.3 is 6.03 Å². The second kappa shape index (κ2) is 8.06. The highest BCUT2D eigenvalue weighted by Crippen LogP contribution is 2.22. The topological polar surface area (TPSA) is 35.6 Å². The molecule has 2 aliphatic rings. The number of benzene rings is 1. The third kappa shape index (κ3) is 4.42. The molecule has 2 amide bonds. The summed E-state index contributed by atoms with van der Waals surface area (Å²) >= 11 is 1.71. The first-order valence-electron chi connectivity index (χ1n) is 8.70. The summed E-state index contributed by atoms with van der Waals surface area (Å²) in [7, 11) is 0. The van der Waals surface area contributed by atoms with Gasteiger partial charge in [-0.2, -0.15) is 0 Å². The predicted molar refractivity (Wildman–Crippen MR) is 97.3 cm³/mol. The Morgan fingerprint density at radius 2 is 1.83 bits per heavy atom. The van der Waals surface area contributed by atoms with Crippen molar-refractivity contribution in [2.75, 3.05) is 37.8 Å². The van der Waals surface area contributed by atoms with Crippen LogP contribution in [-0.4, -0.2) is 54.3 Å². The fourth-order valence-electron chi connectivity index (χ4n) is 3.59. The van der Waals surface area contributed by atoms with Crippen LogP contribution in [0.5, 0.6) is 0 Å². The molecule has 5 heteroatoms. The molecule has 0 spiro atoms. The molecule has 1 aromatic rings. The largest absolute Gasteiger partial charge is 0.322 e. The minimum absolute atomic E-state index is 0.0609. The molecule has 0 aliphatic carbocycles. The Bertz CT molecular complexity index is 514. The fraction of sp³-hybridized carbons (Fsp3) is 0.611. The summed E-state index contributed by atoms with van der Waals surface area (Å²) in [6, 6.07) is 8.51. The zero-order chi connectivity index (χ0) is 16.1. The van der Waals surface area contributed by atoms with Crippen molar-refractivity contribution in [3.8, 4) is 0 Å². The number of amides is 2. The number of nitrogens with zero attached hydrogens (tertiary/aromatic N) is 2. The molecule has 0 aromatic heterocycles. The van der Waals surface area contributed by atoms with E-state index >= 15 is 0 Å². The fourth-order valence-corrected chi connectivity index (χ4v) is 4.00. The number of anilines is 1. The first-order valence-corrected chi connectivity index (χ1v) is 9.93. The number of rotatable bonds is 4. The zero-order valence-electron chi connectivity index (χ0n) is 14.0. The van der Waals surface area contributed by atoms with Crippen LogP contribution in [-0.2, 0) is 0 Å². The maximum Gasteiger partial charge on any atom is 0.322 e. The summed E-state index contributed by atoms with van der Waals surface area (Å²) in [6.07, 6.45) is 8.17. The Balaban J connectivity index is 1.60. The average molecular weight is 334 g/mol. The molecule has 3 rings (SSSR count). The third-order valence-corrected chi connectivity index (χ3v) is 5.64. The van der Waals surface area contributed by atoms with E-state index in [-0.39, 0.29) is 6.03 Å². The van der Waals surface area contributed by atoms with Gasteiger partial charge in [0.15, 0.2) is 0 Å². The molecule has 1 atom stereocenters. The van der Waals surface area contributed by atoms with E-state index in [0.717, 1.165) is 31.6 Å². The SMILES string of the molecule is CSc1ccc(NC(=O)N2CCCCC2CN2CCCC2)cc1. The van der Waals surface area contributed by atoms with Gasteiger partial charge in [-0.1, -0.05) is 0 Å². The Morgan fingerprint density at radius 1 is 1.13 bits per heavy atom. The predicted octanol–water partition coefficient (Wildman–Crippen LogP) is 3.89. The van der Waals surface area contributed by atoms with Gasteiger partial charge in [-0.05, 0) is 75.7 Å². The first kappa shape index (κ1) is 16.7. The van der Waals surface area contributed by atoms with Crippen LogP contribution in [0, 0.1) is 0 Å². The molecule has 2 heterocycles. The van der Waals surface area contributed by atoms with Crippen molar-refractivity contribution in [3.05, 3.63) is 24.3 Å². The molecular weight excluding hydrogens is 306 g/mol. The average Bonchev–Trinajstić information content (AvgIpc) is 3.09. The van der Waals surface area contributed by atoms with E-state index < -0.39 is 0 Å². The van der Waals surface area contributed by atoms with E-state index in [0.29, 0.717) is 6.04 Å². The molecule has 1 N–H and O–H groups in total. The van der Waals surface area contributed by atoms with Crippen molar-refractivity contribution >= 4 is 23.5 Å². The summed E-state index contributed by atoms with van der Waals surface area (Å²) in [6.45, 7) is 4.32. The molecule has 0 saturated carbocycles. The number of carbonyl (C=O) groups is 1. The molecule has 126 valence electrons. The lowest BCUT2D eigenvalue weighted by atomic mass is 10.0. The number of likely N-dealkylation sites (tertiary alicyclic amines) is 2. The minimum Gasteiger partial charge on any atom is -0.320 e. The lowest BCUT2D eigenvalue weighted by Crippen LogP contribution is -2.50. The molecule has 1 aromatic carbocycles. The van der Waals surface area contributed by atoms with Crippen LogP contribution in [0.1, 0.15) is 32.1 Å². The lowest BCUT2D eigenvalue weighted by Gasteiger charge is -2.37. The van der Waals surface area contributed by atoms with Crippen LogP contribution >= 0.6 is 11.8 Å². The Labute approximate surface area is 143 Å². The van der Waals surface area contributed by atoms with Gasteiger partial charge < -0.3 is 15.1 Å². The molecule has 2 saturated heterocycles. The number of thioether (sulfide) groups is 1. The van der Waals surface area contributed by atoms with E-state index in [4.69, 9.17) is 0 Å². The van der Waals surface area contributed by atoms with Gasteiger partial charge in [0.2, 0.25) is 0 Å². The monoisotopic (exact) mass is 333 g/mol. The summed E-state index contributed by atoms with van der Waals surface area (Å²) in [4.78, 5) is 18.5. The lowest BCUT2D eigenvalue weighted by molar-refractivity contribution is 0.136. The van der Waals surface area contributed by atoms with Gasteiger partial charge in [0.25, 0.3) is 0 Å². The minimum atomic E-state index is 0.0609. The molecule has 1 unspecified atom stereocenters. The molecular formula is C18H27N3OS. The van der Waals surface area contributed by atoms with Crippen LogP contribution < -0.4 is 5.32 Å². The van der Waals surface area contributed by atoms with Crippen LogP contribution in [0.25, 0.3) is 0 Å². The normalized spacial score (nSPS) is 22.3. The van der Waals surface area contributed by atoms with Crippen LogP contribution in [0.4, 0.5) is 10.5 Å². The van der Waals surface area contributed by atoms with Gasteiger partial charge in [-0.15, -0.1) is 11.8 Å². The molecule has 4 nitrogen and oxygen atoms in total. The second-order valence-corrected chi connectivity index (χ2v) is 7.39. The van der Waals surface area contributed by atoms with Crippen LogP contribution in [0.2, 0.25) is 0 Å². The number of urea groups is 1. The second-order valence-electron chi connectivity index (χ2n) is 6.51. The highest BCUT2D eigenvalue weighted by atomic mass is 32.2. The number of hydrogen-bond donors (Lipinski definition) is 1. The van der Waals surface area contributed by atoms with Crippen LogP contribution in [0.3, 0.4) is 0 Å². The smallest absolute Gasteiger partial charge is 0.320 e. The Hall–Kier alpha value is -1.20. The van der Waals surface area contributed by atoms with Gasteiger partial charge in [0.1, 0.15) is 0 Å². The highest BCUT2D eigenvalue weighted by molar-refractivity contribution is 7.98. The van der Waals surface area contributed by atoms with Gasteiger partial charge in [-0.25, -0.2) is 4.79 Å². The van der Waals surface area contributed by atoms with Gasteiger partial charge in [-0.3, -0.25) is 0 Å². The number of piperidine rings is 1. The highest BCUT2D eigenvalue weighted by Gasteiger charge is 2.29. The Morgan fingerprint density at radius 3 is 2.52 bits per heavy atom. The quantitative estimate of drug-likeness (QED) is 0.849. The van der Waals surface area contributed by atoms with Crippen molar-refractivity contribution in [2.24, 2.45) is 0 Å². The maximum absolute atomic E-state index is 12.7. The molecule has 23 heavy (non-hydrogen) atoms. The van der Waals surface area contributed by atoms with E-state index in [1.54, 1.807) is 11.8 Å². The summed E-state index contributed by atoms with van der Waals surface area (Å²) in [5.74, 6) is 0. The maximum atomic E-state index is 12.7. The van der Waals surface area contributed by atoms with Crippen molar-refractivity contribution < 1.29 is 4.79 Å². The number of carbonyl (C=O) groups excluding carboxylic acids is 1. The summed E-state index contributed by atoms with van der Waals surface area (Å²) in [5.41, 5.74) is 0.887. The van der Waals surface area contributed by atoms with E-state index in [1.807, 2.05) is 12.1 Å². The van der Waals surface area contributed by atoms with Gasteiger partial charge in [0, 0.05) is 29.7 Å². The third-order valence-electron chi connectivity index (χ3n) is 4.90. The van der Waals surface area contributed by atoms with Crippen molar-refractivity contribution in [1.29, 1.82) is 0 Å².